The Morgan fingerprint density at radius 3 is 2.59 bits per heavy atom. The summed E-state index contributed by atoms with van der Waals surface area (Å²) in [5.74, 6) is -0.938. The molecule has 0 atom stereocenters. The molecule has 11 heteroatoms. The average molecular weight is 467 g/mol. The highest BCUT2D eigenvalue weighted by atomic mass is 35.5. The van der Waals surface area contributed by atoms with Crippen molar-refractivity contribution in [2.45, 2.75) is 19.8 Å². The molecule has 2 aromatic heterocycles. The van der Waals surface area contributed by atoms with Crippen LogP contribution in [0.5, 0.6) is 11.6 Å². The number of methoxy groups -OCH3 is 1. The van der Waals surface area contributed by atoms with Gasteiger partial charge in [-0.25, -0.2) is 23.9 Å². The van der Waals surface area contributed by atoms with Gasteiger partial charge in [-0.2, -0.15) is 0 Å². The second-order valence-electron chi connectivity index (χ2n) is 7.03. The van der Waals surface area contributed by atoms with E-state index >= 15 is 0 Å². The number of halogens is 2. The van der Waals surface area contributed by atoms with Crippen LogP contribution >= 0.6 is 11.6 Å². The van der Waals surface area contributed by atoms with Gasteiger partial charge >= 0.3 is 12.1 Å². The third-order valence-electron chi connectivity index (χ3n) is 4.77. The van der Waals surface area contributed by atoms with Crippen molar-refractivity contribution >= 4 is 29.5 Å². The number of piperazine rings is 1. The molecule has 0 unspecified atom stereocenters. The van der Waals surface area contributed by atoms with Gasteiger partial charge in [-0.15, -0.1) is 0 Å². The lowest BCUT2D eigenvalue weighted by atomic mass is 10.3. The smallest absolute Gasteiger partial charge is 0.409 e. The van der Waals surface area contributed by atoms with Crippen LogP contribution in [0.25, 0.3) is 0 Å². The number of pyridine rings is 2. The third kappa shape index (κ3) is 5.97. The van der Waals surface area contributed by atoms with Crippen molar-refractivity contribution in [2.75, 3.05) is 44.8 Å². The van der Waals surface area contributed by atoms with Crippen LogP contribution in [-0.4, -0.2) is 66.8 Å². The fourth-order valence-electron chi connectivity index (χ4n) is 3.08. The zero-order valence-electron chi connectivity index (χ0n) is 17.8. The van der Waals surface area contributed by atoms with E-state index in [1.807, 2.05) is 6.92 Å². The highest BCUT2D eigenvalue weighted by Crippen LogP contribution is 2.27. The molecule has 0 aliphatic carbocycles. The summed E-state index contributed by atoms with van der Waals surface area (Å²) in [5.41, 5.74) is 0.152. The van der Waals surface area contributed by atoms with Gasteiger partial charge in [0.2, 0.25) is 5.88 Å². The molecular formula is C21H24ClFN4O5. The molecule has 0 radical (unpaired) electrons. The van der Waals surface area contributed by atoms with E-state index in [2.05, 4.69) is 14.7 Å². The van der Waals surface area contributed by atoms with E-state index in [1.54, 1.807) is 9.80 Å². The molecule has 1 saturated heterocycles. The van der Waals surface area contributed by atoms with Gasteiger partial charge in [-0.3, -0.25) is 0 Å². The first-order chi connectivity index (χ1) is 15.4. The van der Waals surface area contributed by atoms with E-state index in [-0.39, 0.29) is 34.3 Å². The van der Waals surface area contributed by atoms with E-state index in [0.29, 0.717) is 32.8 Å². The van der Waals surface area contributed by atoms with Crippen molar-refractivity contribution in [1.29, 1.82) is 0 Å². The first-order valence-corrected chi connectivity index (χ1v) is 10.5. The third-order valence-corrected chi connectivity index (χ3v) is 4.97. The summed E-state index contributed by atoms with van der Waals surface area (Å²) < 4.78 is 30.1. The lowest BCUT2D eigenvalue weighted by Crippen LogP contribution is -2.49. The lowest BCUT2D eigenvalue weighted by molar-refractivity contribution is 0.0600. The normalized spacial score (nSPS) is 13.6. The first kappa shape index (κ1) is 23.5. The van der Waals surface area contributed by atoms with Crippen molar-refractivity contribution in [1.82, 2.24) is 14.9 Å². The van der Waals surface area contributed by atoms with E-state index in [1.165, 1.54) is 31.5 Å². The molecule has 3 heterocycles. The fraction of sp³-hybridized carbons (Fsp3) is 0.429. The Kier molecular flexibility index (Phi) is 8.04. The number of carbonyl (C=O) groups is 2. The summed E-state index contributed by atoms with van der Waals surface area (Å²) in [4.78, 5) is 35.2. The zero-order chi connectivity index (χ0) is 23.1. The number of esters is 1. The Morgan fingerprint density at radius 2 is 1.94 bits per heavy atom. The minimum atomic E-state index is -0.604. The van der Waals surface area contributed by atoms with Gasteiger partial charge in [0.25, 0.3) is 0 Å². The number of anilines is 1. The second kappa shape index (κ2) is 10.9. The molecule has 0 saturated carbocycles. The van der Waals surface area contributed by atoms with Gasteiger partial charge in [0.05, 0.1) is 25.5 Å². The number of carbonyl (C=O) groups excluding carboxylic acids is 2. The number of unbranched alkanes of at least 4 members (excludes halogenated alkanes) is 1. The van der Waals surface area contributed by atoms with Crippen LogP contribution < -0.4 is 9.64 Å². The van der Waals surface area contributed by atoms with Gasteiger partial charge in [0.15, 0.2) is 17.4 Å². The van der Waals surface area contributed by atoms with Crippen LogP contribution in [0, 0.1) is 5.82 Å². The Bertz CT molecular complexity index is 969. The second-order valence-corrected chi connectivity index (χ2v) is 7.42. The van der Waals surface area contributed by atoms with Gasteiger partial charge in [-0.1, -0.05) is 24.9 Å². The Morgan fingerprint density at radius 1 is 1.19 bits per heavy atom. The molecule has 32 heavy (non-hydrogen) atoms. The largest absolute Gasteiger partial charge is 0.465 e. The number of hydrogen-bond acceptors (Lipinski definition) is 8. The molecule has 2 aromatic rings. The number of nitrogens with zero attached hydrogens (tertiary/aromatic N) is 4. The van der Waals surface area contributed by atoms with Crippen LogP contribution in [0.3, 0.4) is 0 Å². The maximum atomic E-state index is 14.7. The molecule has 172 valence electrons. The minimum absolute atomic E-state index is 0.00190. The van der Waals surface area contributed by atoms with Crippen molar-refractivity contribution in [3.63, 3.8) is 0 Å². The molecule has 0 spiro atoms. The van der Waals surface area contributed by atoms with Gasteiger partial charge in [-0.05, 0) is 12.5 Å². The molecule has 1 aliphatic heterocycles. The molecule has 0 aromatic carbocycles. The summed E-state index contributed by atoms with van der Waals surface area (Å²) in [7, 11) is 1.24. The number of hydrogen-bond donors (Lipinski definition) is 0. The summed E-state index contributed by atoms with van der Waals surface area (Å²) in [6, 6.07) is 3.85. The van der Waals surface area contributed by atoms with Crippen molar-refractivity contribution in [3.8, 4) is 11.6 Å². The Labute approximate surface area is 190 Å². The summed E-state index contributed by atoms with van der Waals surface area (Å²) in [5, 5.41) is 0.0269. The van der Waals surface area contributed by atoms with Crippen LogP contribution in [-0.2, 0) is 9.47 Å². The molecule has 1 aliphatic rings. The maximum Gasteiger partial charge on any atom is 0.409 e. The minimum Gasteiger partial charge on any atom is -0.465 e. The molecule has 0 N–H and O–H groups in total. The van der Waals surface area contributed by atoms with Crippen LogP contribution in [0.2, 0.25) is 5.15 Å². The number of aromatic nitrogens is 2. The number of ether oxygens (including phenoxy) is 3. The van der Waals surface area contributed by atoms with Gasteiger partial charge in [0.1, 0.15) is 5.15 Å². The standard InChI is InChI=1S/C21H24ClFN4O5/c1-3-4-9-31-21(29)27-7-5-26(6-8-27)19-16(23)12-15(13-24-19)32-18-11-14(20(28)30-2)10-17(22)25-18/h10-13H,3-9H2,1-2H3. The quantitative estimate of drug-likeness (QED) is 0.344. The molecule has 3 rings (SSSR count). The number of rotatable bonds is 7. The SMILES string of the molecule is CCCCOC(=O)N1CCN(c2ncc(Oc3cc(C(=O)OC)cc(Cl)n3)cc2F)CC1. The maximum absolute atomic E-state index is 14.7. The summed E-state index contributed by atoms with van der Waals surface area (Å²) in [6.07, 6.45) is 2.77. The van der Waals surface area contributed by atoms with Crippen molar-refractivity contribution in [3.05, 3.63) is 40.9 Å². The van der Waals surface area contributed by atoms with Crippen LogP contribution in [0.4, 0.5) is 15.0 Å². The molecule has 0 bridgehead atoms. The molecule has 9 nitrogen and oxygen atoms in total. The highest BCUT2D eigenvalue weighted by molar-refractivity contribution is 6.29. The van der Waals surface area contributed by atoms with E-state index < -0.39 is 11.8 Å². The van der Waals surface area contributed by atoms with Gasteiger partial charge in [0, 0.05) is 38.3 Å². The van der Waals surface area contributed by atoms with Gasteiger partial charge < -0.3 is 24.0 Å². The lowest BCUT2D eigenvalue weighted by Gasteiger charge is -2.34. The summed E-state index contributed by atoms with van der Waals surface area (Å²) >= 11 is 5.91. The number of amides is 1. The Balaban J connectivity index is 1.62. The van der Waals surface area contributed by atoms with Crippen LogP contribution in [0.15, 0.2) is 24.4 Å². The van der Waals surface area contributed by atoms with Crippen molar-refractivity contribution < 1.29 is 28.2 Å². The van der Waals surface area contributed by atoms with E-state index in [4.69, 9.17) is 21.1 Å². The van der Waals surface area contributed by atoms with E-state index in [9.17, 15) is 14.0 Å². The summed E-state index contributed by atoms with van der Waals surface area (Å²) in [6.45, 7) is 4.09. The average Bonchev–Trinajstić information content (AvgIpc) is 2.78. The molecule has 1 amide bonds. The predicted molar refractivity (Wildman–Crippen MR) is 115 cm³/mol. The molecule has 1 fully saturated rings. The monoisotopic (exact) mass is 466 g/mol. The topological polar surface area (TPSA) is 94.1 Å². The van der Waals surface area contributed by atoms with Crippen LogP contribution in [0.1, 0.15) is 30.1 Å². The zero-order valence-corrected chi connectivity index (χ0v) is 18.6. The fourth-order valence-corrected chi connectivity index (χ4v) is 3.28. The van der Waals surface area contributed by atoms with Crippen molar-refractivity contribution in [2.24, 2.45) is 0 Å². The predicted octanol–water partition coefficient (Wildman–Crippen LogP) is 3.91. The van der Waals surface area contributed by atoms with E-state index in [0.717, 1.165) is 12.8 Å². The first-order valence-electron chi connectivity index (χ1n) is 10.2. The molecular weight excluding hydrogens is 443 g/mol. The highest BCUT2D eigenvalue weighted by Gasteiger charge is 2.25. The Hall–Kier alpha value is -3.14.